The van der Waals surface area contributed by atoms with Crippen molar-refractivity contribution >= 4 is 52.1 Å². The van der Waals surface area contributed by atoms with Crippen LogP contribution in [0.15, 0.2) is 24.3 Å². The highest BCUT2D eigenvalue weighted by molar-refractivity contribution is 7.20. The molecule has 1 aliphatic rings. The van der Waals surface area contributed by atoms with Crippen LogP contribution in [0.25, 0.3) is 10.1 Å². The molecule has 3 rings (SSSR count). The first-order chi connectivity index (χ1) is 13.2. The lowest BCUT2D eigenvalue weighted by atomic mass is 9.95. The third-order valence-electron chi connectivity index (χ3n) is 5.11. The Hall–Kier alpha value is -0.920. The lowest BCUT2D eigenvalue weighted by Gasteiger charge is -2.22. The molecule has 1 aromatic heterocycles. The normalized spacial score (nSPS) is 14.2. The molecule has 1 aromatic carbocycles. The fourth-order valence-corrected chi connectivity index (χ4v) is 4.58. The van der Waals surface area contributed by atoms with Crippen molar-refractivity contribution in [2.75, 3.05) is 26.2 Å². The van der Waals surface area contributed by atoms with Crippen molar-refractivity contribution in [1.29, 1.82) is 0 Å². The minimum absolute atomic E-state index is 0. The van der Waals surface area contributed by atoms with Gasteiger partial charge < -0.3 is 16.0 Å². The van der Waals surface area contributed by atoms with Gasteiger partial charge >= 0.3 is 0 Å². The van der Waals surface area contributed by atoms with E-state index in [1.807, 2.05) is 6.07 Å². The third-order valence-corrected chi connectivity index (χ3v) is 6.21. The van der Waals surface area contributed by atoms with Crippen molar-refractivity contribution in [2.24, 2.45) is 0 Å². The SMILES string of the molecule is Cl.Cl.O=C(NCCCCNCCNC1CCCCC1)c1cc2ccc(F)cc2s1. The van der Waals surface area contributed by atoms with Gasteiger partial charge in [-0.15, -0.1) is 36.2 Å². The Kier molecular flexibility index (Phi) is 12.7. The minimum atomic E-state index is -0.266. The second-order valence-corrected chi connectivity index (χ2v) is 8.38. The van der Waals surface area contributed by atoms with Crippen LogP contribution >= 0.6 is 36.2 Å². The fourth-order valence-electron chi connectivity index (χ4n) is 3.58. The smallest absolute Gasteiger partial charge is 0.261 e. The largest absolute Gasteiger partial charge is 0.351 e. The van der Waals surface area contributed by atoms with Gasteiger partial charge in [0.15, 0.2) is 0 Å². The van der Waals surface area contributed by atoms with Gasteiger partial charge in [0.2, 0.25) is 0 Å². The van der Waals surface area contributed by atoms with Crippen molar-refractivity contribution in [3.8, 4) is 0 Å². The van der Waals surface area contributed by atoms with E-state index in [9.17, 15) is 9.18 Å². The average Bonchev–Trinajstić information content (AvgIpc) is 3.10. The maximum atomic E-state index is 13.2. The molecule has 1 amide bonds. The molecule has 4 nitrogen and oxygen atoms in total. The Balaban J connectivity index is 0.00000210. The number of thiophene rings is 1. The van der Waals surface area contributed by atoms with E-state index < -0.39 is 0 Å². The molecule has 1 heterocycles. The topological polar surface area (TPSA) is 53.2 Å². The molecule has 0 unspecified atom stereocenters. The predicted octanol–water partition coefficient (Wildman–Crippen LogP) is 4.91. The molecule has 0 saturated heterocycles. The Morgan fingerprint density at radius 3 is 2.55 bits per heavy atom. The molecule has 0 aliphatic heterocycles. The number of carbonyl (C=O) groups is 1. The van der Waals surface area contributed by atoms with Gasteiger partial charge in [-0.1, -0.05) is 25.3 Å². The van der Waals surface area contributed by atoms with Crippen LogP contribution in [0.2, 0.25) is 0 Å². The Labute approximate surface area is 189 Å². The summed E-state index contributed by atoms with van der Waals surface area (Å²) in [7, 11) is 0. The van der Waals surface area contributed by atoms with Gasteiger partial charge in [0.25, 0.3) is 5.91 Å². The summed E-state index contributed by atoms with van der Waals surface area (Å²) >= 11 is 1.34. The quantitative estimate of drug-likeness (QED) is 0.438. The van der Waals surface area contributed by atoms with Crippen LogP contribution in [0.4, 0.5) is 4.39 Å². The lowest BCUT2D eigenvalue weighted by molar-refractivity contribution is 0.0957. The number of nitrogens with one attached hydrogen (secondary N) is 3. The van der Waals surface area contributed by atoms with E-state index in [2.05, 4.69) is 16.0 Å². The molecule has 164 valence electrons. The second-order valence-electron chi connectivity index (χ2n) is 7.29. The van der Waals surface area contributed by atoms with E-state index in [0.29, 0.717) is 11.4 Å². The number of hydrogen-bond donors (Lipinski definition) is 3. The number of benzene rings is 1. The number of unbranched alkanes of at least 4 members (excludes halogenated alkanes) is 1. The van der Waals surface area contributed by atoms with Gasteiger partial charge in [-0.2, -0.15) is 0 Å². The van der Waals surface area contributed by atoms with Crippen LogP contribution in [-0.4, -0.2) is 38.1 Å². The summed E-state index contributed by atoms with van der Waals surface area (Å²) in [5, 5.41) is 11.0. The zero-order valence-electron chi connectivity index (χ0n) is 16.7. The van der Waals surface area contributed by atoms with Gasteiger partial charge in [0.1, 0.15) is 5.82 Å². The molecule has 29 heavy (non-hydrogen) atoms. The summed E-state index contributed by atoms with van der Waals surface area (Å²) in [6.07, 6.45) is 8.79. The van der Waals surface area contributed by atoms with Gasteiger partial charge in [-0.05, 0) is 55.8 Å². The summed E-state index contributed by atoms with van der Waals surface area (Å²) in [6, 6.07) is 7.17. The highest BCUT2D eigenvalue weighted by atomic mass is 35.5. The summed E-state index contributed by atoms with van der Waals surface area (Å²) in [5.74, 6) is -0.334. The van der Waals surface area contributed by atoms with Crippen molar-refractivity contribution in [3.63, 3.8) is 0 Å². The molecule has 1 saturated carbocycles. The van der Waals surface area contributed by atoms with E-state index in [4.69, 9.17) is 0 Å². The molecular formula is C21H32Cl2FN3OS. The Bertz CT molecular complexity index is 738. The zero-order chi connectivity index (χ0) is 18.9. The maximum Gasteiger partial charge on any atom is 0.261 e. The average molecular weight is 464 g/mol. The fraction of sp³-hybridized carbons (Fsp3) is 0.571. The molecule has 3 N–H and O–H groups in total. The van der Waals surface area contributed by atoms with Gasteiger partial charge in [0, 0.05) is 30.4 Å². The Morgan fingerprint density at radius 1 is 1.00 bits per heavy atom. The highest BCUT2D eigenvalue weighted by Gasteiger charge is 2.12. The van der Waals surface area contributed by atoms with Crippen LogP contribution in [0.5, 0.6) is 0 Å². The first-order valence-corrected chi connectivity index (χ1v) is 11.0. The predicted molar refractivity (Wildman–Crippen MR) is 126 cm³/mol. The summed E-state index contributed by atoms with van der Waals surface area (Å²) in [6.45, 7) is 3.68. The highest BCUT2D eigenvalue weighted by Crippen LogP contribution is 2.26. The van der Waals surface area contributed by atoms with E-state index in [0.717, 1.165) is 48.6 Å². The summed E-state index contributed by atoms with van der Waals surface area (Å²) < 4.78 is 14.0. The number of halogens is 3. The van der Waals surface area contributed by atoms with Gasteiger partial charge in [-0.3, -0.25) is 4.79 Å². The number of hydrogen-bond acceptors (Lipinski definition) is 4. The molecule has 0 radical (unpaired) electrons. The van der Waals surface area contributed by atoms with Crippen molar-refractivity contribution in [3.05, 3.63) is 35.0 Å². The second kappa shape index (κ2) is 14.1. The van der Waals surface area contributed by atoms with Crippen molar-refractivity contribution in [2.45, 2.75) is 51.0 Å². The van der Waals surface area contributed by atoms with Gasteiger partial charge in [-0.25, -0.2) is 4.39 Å². The van der Waals surface area contributed by atoms with Crippen molar-refractivity contribution < 1.29 is 9.18 Å². The third kappa shape index (κ3) is 8.77. The lowest BCUT2D eigenvalue weighted by Crippen LogP contribution is -2.36. The minimum Gasteiger partial charge on any atom is -0.351 e. The van der Waals surface area contributed by atoms with Crippen LogP contribution in [-0.2, 0) is 0 Å². The number of fused-ring (bicyclic) bond motifs is 1. The molecule has 0 spiro atoms. The number of carbonyl (C=O) groups excluding carboxylic acids is 1. The van der Waals surface area contributed by atoms with E-state index in [-0.39, 0.29) is 36.5 Å². The Morgan fingerprint density at radius 2 is 1.76 bits per heavy atom. The number of amides is 1. The molecule has 8 heteroatoms. The van der Waals surface area contributed by atoms with E-state index in [1.54, 1.807) is 6.07 Å². The standard InChI is InChI=1S/C21H30FN3OS.2ClH/c22-17-9-8-16-14-20(27-19(16)15-17)21(26)25-11-5-4-10-23-12-13-24-18-6-2-1-3-7-18;;/h8-9,14-15,18,23-24H,1-7,10-13H2,(H,25,26);2*1H. The molecule has 1 fully saturated rings. The molecule has 2 aromatic rings. The molecule has 1 aliphatic carbocycles. The van der Waals surface area contributed by atoms with Crippen LogP contribution < -0.4 is 16.0 Å². The van der Waals surface area contributed by atoms with Crippen molar-refractivity contribution in [1.82, 2.24) is 16.0 Å². The molecular weight excluding hydrogens is 432 g/mol. The summed E-state index contributed by atoms with van der Waals surface area (Å²) in [4.78, 5) is 12.8. The summed E-state index contributed by atoms with van der Waals surface area (Å²) in [5.41, 5.74) is 0. The zero-order valence-corrected chi connectivity index (χ0v) is 19.1. The monoisotopic (exact) mass is 463 g/mol. The van der Waals surface area contributed by atoms with Gasteiger partial charge in [0.05, 0.1) is 4.88 Å². The van der Waals surface area contributed by atoms with Crippen LogP contribution in [0, 0.1) is 5.82 Å². The first-order valence-electron chi connectivity index (χ1n) is 10.1. The first kappa shape index (κ1) is 26.1. The maximum absolute atomic E-state index is 13.2. The molecule has 0 bridgehead atoms. The molecule has 0 atom stereocenters. The van der Waals surface area contributed by atoms with Crippen LogP contribution in [0.3, 0.4) is 0 Å². The number of rotatable bonds is 10. The van der Waals surface area contributed by atoms with Crippen LogP contribution in [0.1, 0.15) is 54.6 Å². The van der Waals surface area contributed by atoms with E-state index in [1.165, 1.54) is 55.6 Å². The van der Waals surface area contributed by atoms with E-state index >= 15 is 0 Å².